The van der Waals surface area contributed by atoms with Crippen molar-refractivity contribution in [3.05, 3.63) is 63.1 Å². The lowest BCUT2D eigenvalue weighted by Gasteiger charge is -2.14. The fraction of sp³-hybridized carbons (Fsp3) is 0.200. The number of ether oxygens (including phenoxy) is 2. The van der Waals surface area contributed by atoms with Gasteiger partial charge in [0.25, 0.3) is 0 Å². The van der Waals surface area contributed by atoms with Crippen molar-refractivity contribution in [1.82, 2.24) is 0 Å². The first-order valence-electron chi connectivity index (χ1n) is 7.83. The predicted octanol–water partition coefficient (Wildman–Crippen LogP) is 5.35. The van der Waals surface area contributed by atoms with Gasteiger partial charge in [-0.05, 0) is 60.4 Å². The highest BCUT2D eigenvalue weighted by Gasteiger charge is 2.14. The van der Waals surface area contributed by atoms with Crippen LogP contribution in [0.4, 0.5) is 0 Å². The van der Waals surface area contributed by atoms with Gasteiger partial charge in [-0.2, -0.15) is 0 Å². The Balaban J connectivity index is 2.46. The molecule has 0 atom stereocenters. The van der Waals surface area contributed by atoms with E-state index in [9.17, 15) is 9.59 Å². The average molecular weight is 393 g/mol. The highest BCUT2D eigenvalue weighted by Crippen LogP contribution is 2.35. The van der Waals surface area contributed by atoms with Gasteiger partial charge >= 0.3 is 11.9 Å². The second-order valence-corrected chi connectivity index (χ2v) is 6.73. The third-order valence-electron chi connectivity index (χ3n) is 3.62. The fourth-order valence-corrected chi connectivity index (χ4v) is 2.97. The van der Waals surface area contributed by atoms with Crippen LogP contribution in [-0.2, 0) is 9.59 Å². The van der Waals surface area contributed by atoms with Crippen LogP contribution in [0.15, 0.2) is 40.9 Å². The SMILES string of the molecule is CC(=O)Oc1ccc(C(=C(Cl)Cl)c2ccc(OC(C)=O)c(C)c2)cc1C. The summed E-state index contributed by atoms with van der Waals surface area (Å²) in [6.45, 7) is 6.36. The van der Waals surface area contributed by atoms with Gasteiger partial charge in [-0.1, -0.05) is 35.3 Å². The summed E-state index contributed by atoms with van der Waals surface area (Å²) in [7, 11) is 0. The van der Waals surface area contributed by atoms with E-state index in [0.717, 1.165) is 22.3 Å². The fourth-order valence-electron chi connectivity index (χ4n) is 2.53. The standard InChI is InChI=1S/C20H18Cl2O4/c1-11-9-15(5-7-17(11)25-13(3)23)19(20(21)22)16-6-8-18(12(2)10-16)26-14(4)24/h5-10H,1-4H3. The van der Waals surface area contributed by atoms with Crippen LogP contribution in [0.25, 0.3) is 5.57 Å². The molecule has 4 nitrogen and oxygen atoms in total. The van der Waals surface area contributed by atoms with Gasteiger partial charge in [0.05, 0.1) is 0 Å². The molecular formula is C20H18Cl2O4. The minimum absolute atomic E-state index is 0.101. The third kappa shape index (κ3) is 4.87. The molecule has 2 rings (SSSR count). The van der Waals surface area contributed by atoms with E-state index < -0.39 is 0 Å². The van der Waals surface area contributed by atoms with Crippen LogP contribution in [0, 0.1) is 13.8 Å². The number of aryl methyl sites for hydroxylation is 2. The maximum absolute atomic E-state index is 11.2. The molecule has 0 spiro atoms. The minimum atomic E-state index is -0.385. The molecule has 0 aromatic heterocycles. The monoisotopic (exact) mass is 392 g/mol. The first kappa shape index (κ1) is 20.0. The molecule has 0 aliphatic heterocycles. The van der Waals surface area contributed by atoms with Gasteiger partial charge in [0.15, 0.2) is 0 Å². The summed E-state index contributed by atoms with van der Waals surface area (Å²) >= 11 is 12.3. The summed E-state index contributed by atoms with van der Waals surface area (Å²) in [5.41, 5.74) is 3.73. The van der Waals surface area contributed by atoms with Gasteiger partial charge in [0.1, 0.15) is 16.0 Å². The summed E-state index contributed by atoms with van der Waals surface area (Å²) in [4.78, 5) is 22.3. The first-order valence-corrected chi connectivity index (χ1v) is 8.58. The van der Waals surface area contributed by atoms with Gasteiger partial charge in [0.2, 0.25) is 0 Å². The maximum Gasteiger partial charge on any atom is 0.308 e. The number of carbonyl (C=O) groups is 2. The largest absolute Gasteiger partial charge is 0.426 e. The Labute approximate surface area is 162 Å². The van der Waals surface area contributed by atoms with Crippen LogP contribution in [0.2, 0.25) is 0 Å². The predicted molar refractivity (Wildman–Crippen MR) is 103 cm³/mol. The third-order valence-corrected chi connectivity index (χ3v) is 4.00. The van der Waals surface area contributed by atoms with Crippen molar-refractivity contribution >= 4 is 40.7 Å². The van der Waals surface area contributed by atoms with E-state index in [2.05, 4.69) is 0 Å². The van der Waals surface area contributed by atoms with Crippen molar-refractivity contribution < 1.29 is 19.1 Å². The number of esters is 2. The molecule has 26 heavy (non-hydrogen) atoms. The molecule has 2 aromatic rings. The highest BCUT2D eigenvalue weighted by atomic mass is 35.5. The Bertz CT molecular complexity index is 829. The van der Waals surface area contributed by atoms with Crippen LogP contribution in [0.5, 0.6) is 11.5 Å². The molecule has 0 amide bonds. The first-order chi connectivity index (χ1) is 12.2. The summed E-state index contributed by atoms with van der Waals surface area (Å²) < 4.78 is 10.4. The Hall–Kier alpha value is -2.30. The number of carbonyl (C=O) groups excluding carboxylic acids is 2. The van der Waals surface area contributed by atoms with Crippen LogP contribution in [0.1, 0.15) is 36.1 Å². The zero-order valence-electron chi connectivity index (χ0n) is 14.9. The van der Waals surface area contributed by atoms with Crippen molar-refractivity contribution in [1.29, 1.82) is 0 Å². The zero-order chi connectivity index (χ0) is 19.4. The van der Waals surface area contributed by atoms with E-state index in [-0.39, 0.29) is 16.4 Å². The Kier molecular flexibility index (Phi) is 6.46. The molecule has 0 saturated carbocycles. The Morgan fingerprint density at radius 1 is 0.769 bits per heavy atom. The van der Waals surface area contributed by atoms with E-state index in [0.29, 0.717) is 17.1 Å². The lowest BCUT2D eigenvalue weighted by Crippen LogP contribution is -2.04. The average Bonchev–Trinajstić information content (AvgIpc) is 2.51. The molecule has 0 fully saturated rings. The van der Waals surface area contributed by atoms with Crippen molar-refractivity contribution in [2.75, 3.05) is 0 Å². The molecule has 6 heteroatoms. The van der Waals surface area contributed by atoms with E-state index in [1.807, 2.05) is 26.0 Å². The molecule has 2 aromatic carbocycles. The number of hydrogen-bond acceptors (Lipinski definition) is 4. The van der Waals surface area contributed by atoms with Gasteiger partial charge < -0.3 is 9.47 Å². The molecule has 0 aliphatic rings. The summed E-state index contributed by atoms with van der Waals surface area (Å²) in [6, 6.07) is 10.6. The summed E-state index contributed by atoms with van der Waals surface area (Å²) in [6.07, 6.45) is 0. The van der Waals surface area contributed by atoms with Crippen LogP contribution < -0.4 is 9.47 Å². The van der Waals surface area contributed by atoms with Crippen molar-refractivity contribution in [3.8, 4) is 11.5 Å². The van der Waals surface area contributed by atoms with Gasteiger partial charge in [-0.25, -0.2) is 0 Å². The minimum Gasteiger partial charge on any atom is -0.426 e. The normalized spacial score (nSPS) is 10.2. The number of hydrogen-bond donors (Lipinski definition) is 0. The van der Waals surface area contributed by atoms with Crippen molar-refractivity contribution in [2.45, 2.75) is 27.7 Å². The van der Waals surface area contributed by atoms with E-state index in [1.165, 1.54) is 13.8 Å². The molecule has 0 heterocycles. The second kappa shape index (κ2) is 8.39. The second-order valence-electron chi connectivity index (χ2n) is 5.78. The van der Waals surface area contributed by atoms with Crippen LogP contribution in [0.3, 0.4) is 0 Å². The maximum atomic E-state index is 11.2. The molecule has 136 valence electrons. The molecule has 0 aliphatic carbocycles. The molecule has 0 N–H and O–H groups in total. The highest BCUT2D eigenvalue weighted by molar-refractivity contribution is 6.59. The number of halogens is 2. The lowest BCUT2D eigenvalue weighted by atomic mass is 9.96. The van der Waals surface area contributed by atoms with E-state index >= 15 is 0 Å². The topological polar surface area (TPSA) is 52.6 Å². The Morgan fingerprint density at radius 2 is 1.15 bits per heavy atom. The van der Waals surface area contributed by atoms with Crippen LogP contribution in [-0.4, -0.2) is 11.9 Å². The zero-order valence-corrected chi connectivity index (χ0v) is 16.4. The lowest BCUT2D eigenvalue weighted by molar-refractivity contribution is -0.132. The molecule has 0 radical (unpaired) electrons. The van der Waals surface area contributed by atoms with Gasteiger partial charge in [-0.15, -0.1) is 0 Å². The van der Waals surface area contributed by atoms with E-state index in [4.69, 9.17) is 32.7 Å². The smallest absolute Gasteiger partial charge is 0.308 e. The summed E-state index contributed by atoms with van der Waals surface area (Å²) in [5.74, 6) is 0.188. The molecule has 0 bridgehead atoms. The Morgan fingerprint density at radius 3 is 1.42 bits per heavy atom. The molecule has 0 unspecified atom stereocenters. The van der Waals surface area contributed by atoms with Crippen molar-refractivity contribution in [2.24, 2.45) is 0 Å². The van der Waals surface area contributed by atoms with Crippen molar-refractivity contribution in [3.63, 3.8) is 0 Å². The quantitative estimate of drug-likeness (QED) is 0.519. The number of rotatable bonds is 4. The number of benzene rings is 2. The van der Waals surface area contributed by atoms with Gasteiger partial charge in [0, 0.05) is 19.4 Å². The van der Waals surface area contributed by atoms with Gasteiger partial charge in [-0.3, -0.25) is 9.59 Å². The van der Waals surface area contributed by atoms with Crippen LogP contribution >= 0.6 is 23.2 Å². The van der Waals surface area contributed by atoms with E-state index in [1.54, 1.807) is 24.3 Å². The molecule has 0 saturated heterocycles. The summed E-state index contributed by atoms with van der Waals surface area (Å²) in [5, 5.41) is 0. The molecular weight excluding hydrogens is 375 g/mol.